The zero-order valence-electron chi connectivity index (χ0n) is 13.9. The van der Waals surface area contributed by atoms with Crippen molar-refractivity contribution >= 4 is 0 Å². The highest BCUT2D eigenvalue weighted by Gasteiger charge is 2.61. The van der Waals surface area contributed by atoms with Gasteiger partial charge in [-0.3, -0.25) is 0 Å². The Balaban J connectivity index is 2.13. The summed E-state index contributed by atoms with van der Waals surface area (Å²) < 4.78 is 41.7. The molecule has 0 radical (unpaired) electrons. The summed E-state index contributed by atoms with van der Waals surface area (Å²) in [5.74, 6) is -0.246. The van der Waals surface area contributed by atoms with E-state index in [-0.39, 0.29) is 22.5 Å². The number of aliphatic hydroxyl groups is 1. The minimum Gasteiger partial charge on any atom is -0.406 e. The maximum Gasteiger partial charge on any atom is 0.573 e. The van der Waals surface area contributed by atoms with Crippen molar-refractivity contribution in [1.82, 2.24) is 0 Å². The molecule has 1 fully saturated rings. The Morgan fingerprint density at radius 1 is 1.09 bits per heavy atom. The van der Waals surface area contributed by atoms with E-state index in [0.29, 0.717) is 0 Å². The average molecular weight is 328 g/mol. The van der Waals surface area contributed by atoms with E-state index in [9.17, 15) is 18.3 Å². The average Bonchev–Trinajstić information content (AvgIpc) is 2.52. The van der Waals surface area contributed by atoms with E-state index in [1.807, 2.05) is 0 Å². The maximum atomic E-state index is 12.5. The molecule has 2 nitrogen and oxygen atoms in total. The lowest BCUT2D eigenvalue weighted by molar-refractivity contribution is -0.274. The molecule has 0 amide bonds. The van der Waals surface area contributed by atoms with E-state index >= 15 is 0 Å². The first-order chi connectivity index (χ1) is 10.4. The lowest BCUT2D eigenvalue weighted by Crippen LogP contribution is -2.49. The second-order valence-electron chi connectivity index (χ2n) is 8.10. The van der Waals surface area contributed by atoms with Crippen molar-refractivity contribution in [2.45, 2.75) is 64.3 Å². The van der Waals surface area contributed by atoms with Crippen LogP contribution in [0.5, 0.6) is 5.75 Å². The van der Waals surface area contributed by atoms with Crippen LogP contribution in [-0.2, 0) is 11.0 Å². The SMILES string of the molecule is CC1(C)CCCC2(C)c3cc(OC(F)(F)F)ccc3[C@@](C)(O)[C@@H]12. The Hall–Kier alpha value is -1.23. The van der Waals surface area contributed by atoms with Crippen molar-refractivity contribution in [2.24, 2.45) is 11.3 Å². The fourth-order valence-corrected chi connectivity index (χ4v) is 5.52. The van der Waals surface area contributed by atoms with Crippen molar-refractivity contribution in [3.63, 3.8) is 0 Å². The summed E-state index contributed by atoms with van der Waals surface area (Å²) in [4.78, 5) is 0. The van der Waals surface area contributed by atoms with Crippen LogP contribution in [0.15, 0.2) is 18.2 Å². The fraction of sp³-hybridized carbons (Fsp3) is 0.667. The van der Waals surface area contributed by atoms with Gasteiger partial charge in [-0.25, -0.2) is 0 Å². The van der Waals surface area contributed by atoms with Crippen molar-refractivity contribution in [3.8, 4) is 5.75 Å². The Morgan fingerprint density at radius 3 is 2.35 bits per heavy atom. The molecule has 0 bridgehead atoms. The first kappa shape index (κ1) is 16.6. The molecule has 1 N–H and O–H groups in total. The largest absolute Gasteiger partial charge is 0.573 e. The molecule has 2 aliphatic rings. The molecule has 0 spiro atoms. The Kier molecular flexibility index (Phi) is 3.36. The van der Waals surface area contributed by atoms with Crippen LogP contribution in [0.25, 0.3) is 0 Å². The Labute approximate surface area is 134 Å². The summed E-state index contributed by atoms with van der Waals surface area (Å²) in [6.45, 7) is 8.14. The molecule has 128 valence electrons. The van der Waals surface area contributed by atoms with Crippen LogP contribution < -0.4 is 4.74 Å². The molecule has 0 saturated heterocycles. The summed E-state index contributed by atoms with van der Waals surface area (Å²) in [5, 5.41) is 11.2. The maximum absolute atomic E-state index is 12.5. The highest BCUT2D eigenvalue weighted by atomic mass is 19.4. The zero-order chi connectivity index (χ0) is 17.3. The van der Waals surface area contributed by atoms with Gasteiger partial charge in [-0.1, -0.05) is 33.3 Å². The Bertz CT molecular complexity index is 634. The van der Waals surface area contributed by atoms with E-state index in [4.69, 9.17) is 0 Å². The normalized spacial score (nSPS) is 35.6. The molecule has 0 aliphatic heterocycles. The van der Waals surface area contributed by atoms with Gasteiger partial charge in [-0.05, 0) is 53.9 Å². The van der Waals surface area contributed by atoms with Crippen LogP contribution in [-0.4, -0.2) is 11.5 Å². The number of hydrogen-bond acceptors (Lipinski definition) is 2. The molecule has 3 atom stereocenters. The molecule has 2 aliphatic carbocycles. The van der Waals surface area contributed by atoms with E-state index < -0.39 is 12.0 Å². The summed E-state index contributed by atoms with van der Waals surface area (Å²) in [7, 11) is 0. The minimum atomic E-state index is -4.71. The standard InChI is InChI=1S/C18H23F3O2/c1-15(2)8-5-9-16(3)13-10-11(23-18(19,20)21)6-7-12(13)17(4,22)14(15)16/h6-7,10,14,22H,5,8-9H2,1-4H3/t14-,16?,17+/m0/s1. The van der Waals surface area contributed by atoms with Crippen LogP contribution in [0.3, 0.4) is 0 Å². The van der Waals surface area contributed by atoms with Gasteiger partial charge in [0.05, 0.1) is 5.60 Å². The van der Waals surface area contributed by atoms with Crippen molar-refractivity contribution in [3.05, 3.63) is 29.3 Å². The third-order valence-electron chi connectivity index (χ3n) is 5.88. The van der Waals surface area contributed by atoms with Crippen LogP contribution in [0.1, 0.15) is 58.1 Å². The fourth-order valence-electron chi connectivity index (χ4n) is 5.52. The van der Waals surface area contributed by atoms with Gasteiger partial charge in [0, 0.05) is 5.92 Å². The number of ether oxygens (including phenoxy) is 1. The number of hydrogen-bond donors (Lipinski definition) is 1. The molecule has 1 saturated carbocycles. The lowest BCUT2D eigenvalue weighted by Gasteiger charge is -2.51. The van der Waals surface area contributed by atoms with E-state index in [1.165, 1.54) is 12.1 Å². The second-order valence-corrected chi connectivity index (χ2v) is 8.10. The molecular formula is C18H23F3O2. The topological polar surface area (TPSA) is 29.5 Å². The first-order valence-electron chi connectivity index (χ1n) is 8.01. The zero-order valence-corrected chi connectivity index (χ0v) is 13.9. The second kappa shape index (κ2) is 4.65. The summed E-state index contributed by atoms with van der Waals surface area (Å²) in [6.07, 6.45) is -1.84. The van der Waals surface area contributed by atoms with Crippen LogP contribution >= 0.6 is 0 Å². The van der Waals surface area contributed by atoms with Gasteiger partial charge in [-0.2, -0.15) is 0 Å². The molecule has 0 heterocycles. The van der Waals surface area contributed by atoms with E-state index in [0.717, 1.165) is 30.4 Å². The highest BCUT2D eigenvalue weighted by molar-refractivity contribution is 5.50. The summed E-state index contributed by atoms with van der Waals surface area (Å²) in [6, 6.07) is 4.36. The molecule has 1 unspecified atom stereocenters. The third kappa shape index (κ3) is 2.44. The van der Waals surface area contributed by atoms with Crippen molar-refractivity contribution in [2.75, 3.05) is 0 Å². The van der Waals surface area contributed by atoms with Crippen molar-refractivity contribution < 1.29 is 23.0 Å². The minimum absolute atomic E-state index is 0.0348. The quantitative estimate of drug-likeness (QED) is 0.795. The number of halogens is 3. The molecule has 0 aromatic heterocycles. The van der Waals surface area contributed by atoms with Gasteiger partial charge < -0.3 is 9.84 Å². The highest BCUT2D eigenvalue weighted by Crippen LogP contribution is 2.64. The molecule has 1 aromatic carbocycles. The smallest absolute Gasteiger partial charge is 0.406 e. The monoisotopic (exact) mass is 328 g/mol. The molecule has 23 heavy (non-hydrogen) atoms. The number of alkyl halides is 3. The van der Waals surface area contributed by atoms with Crippen LogP contribution in [0.2, 0.25) is 0 Å². The Morgan fingerprint density at radius 2 is 1.74 bits per heavy atom. The van der Waals surface area contributed by atoms with Gasteiger partial charge in [0.1, 0.15) is 5.75 Å². The number of rotatable bonds is 1. The van der Waals surface area contributed by atoms with Crippen molar-refractivity contribution in [1.29, 1.82) is 0 Å². The first-order valence-corrected chi connectivity index (χ1v) is 8.01. The van der Waals surface area contributed by atoms with Gasteiger partial charge >= 0.3 is 6.36 Å². The predicted octanol–water partition coefficient (Wildman–Crippen LogP) is 4.89. The van der Waals surface area contributed by atoms with Crippen LogP contribution in [0.4, 0.5) is 13.2 Å². The van der Waals surface area contributed by atoms with Gasteiger partial charge in [0.2, 0.25) is 0 Å². The molecular weight excluding hydrogens is 305 g/mol. The molecule has 5 heteroatoms. The number of fused-ring (bicyclic) bond motifs is 3. The van der Waals surface area contributed by atoms with Crippen LogP contribution in [0, 0.1) is 11.3 Å². The lowest BCUT2D eigenvalue weighted by atomic mass is 9.54. The molecule has 1 aromatic rings. The summed E-state index contributed by atoms with van der Waals surface area (Å²) in [5.41, 5.74) is 0.0492. The number of benzene rings is 1. The molecule has 3 rings (SSSR count). The summed E-state index contributed by atoms with van der Waals surface area (Å²) >= 11 is 0. The van der Waals surface area contributed by atoms with E-state index in [2.05, 4.69) is 25.5 Å². The van der Waals surface area contributed by atoms with Gasteiger partial charge in [0.25, 0.3) is 0 Å². The van der Waals surface area contributed by atoms with Gasteiger partial charge in [0.15, 0.2) is 0 Å². The van der Waals surface area contributed by atoms with E-state index in [1.54, 1.807) is 13.0 Å². The van der Waals surface area contributed by atoms with Gasteiger partial charge in [-0.15, -0.1) is 13.2 Å². The third-order valence-corrected chi connectivity index (χ3v) is 5.88. The predicted molar refractivity (Wildman–Crippen MR) is 81.2 cm³/mol.